The summed E-state index contributed by atoms with van der Waals surface area (Å²) in [7, 11) is 1.61. The molecule has 0 bridgehead atoms. The molecule has 0 aliphatic carbocycles. The van der Waals surface area contributed by atoms with Crippen molar-refractivity contribution in [3.63, 3.8) is 0 Å². The Hall–Kier alpha value is -3.75. The number of methoxy groups -OCH3 is 1. The van der Waals surface area contributed by atoms with E-state index in [9.17, 15) is 14.4 Å². The summed E-state index contributed by atoms with van der Waals surface area (Å²) in [6, 6.07) is 16.6. The van der Waals surface area contributed by atoms with Gasteiger partial charge < -0.3 is 28.9 Å². The highest BCUT2D eigenvalue weighted by molar-refractivity contribution is 5.94. The van der Waals surface area contributed by atoms with Crippen LogP contribution >= 0.6 is 0 Å². The summed E-state index contributed by atoms with van der Waals surface area (Å²) in [5.41, 5.74) is 0.689. The van der Waals surface area contributed by atoms with E-state index in [1.54, 1.807) is 12.0 Å². The maximum atomic E-state index is 13.2. The minimum atomic E-state index is -0.326. The summed E-state index contributed by atoms with van der Waals surface area (Å²) in [6.45, 7) is 3.23. The van der Waals surface area contributed by atoms with Gasteiger partial charge in [0.2, 0.25) is 5.91 Å². The van der Waals surface area contributed by atoms with Gasteiger partial charge in [0.15, 0.2) is 6.10 Å². The van der Waals surface area contributed by atoms with E-state index in [0.717, 1.165) is 18.6 Å². The van der Waals surface area contributed by atoms with Gasteiger partial charge in [0.05, 0.1) is 13.7 Å². The Kier molecular flexibility index (Phi) is 8.00. The molecule has 1 atom stereocenters. The summed E-state index contributed by atoms with van der Waals surface area (Å²) in [4.78, 5) is 44.0. The number of cyclic esters (lactones) is 1. The van der Waals surface area contributed by atoms with Crippen LogP contribution in [-0.4, -0.2) is 91.2 Å². The minimum Gasteiger partial charge on any atom is -0.497 e. The molecule has 3 fully saturated rings. The van der Waals surface area contributed by atoms with Crippen LogP contribution in [0.4, 0.5) is 4.79 Å². The van der Waals surface area contributed by atoms with Crippen LogP contribution in [-0.2, 0) is 9.53 Å². The van der Waals surface area contributed by atoms with Gasteiger partial charge in [-0.3, -0.25) is 9.59 Å². The molecular formula is C29H35N3O6. The fourth-order valence-corrected chi connectivity index (χ4v) is 5.54. The Bertz CT molecular complexity index is 1110. The number of amides is 3. The van der Waals surface area contributed by atoms with Crippen LogP contribution < -0.4 is 9.47 Å². The molecule has 1 unspecified atom stereocenters. The monoisotopic (exact) mass is 521 g/mol. The number of benzene rings is 2. The lowest BCUT2D eigenvalue weighted by Crippen LogP contribution is -2.50. The molecule has 0 radical (unpaired) electrons. The van der Waals surface area contributed by atoms with Crippen molar-refractivity contribution in [3.05, 3.63) is 60.2 Å². The molecule has 2 aromatic rings. The molecule has 2 aromatic carbocycles. The molecule has 202 valence electrons. The minimum absolute atomic E-state index is 0.0301. The van der Waals surface area contributed by atoms with Crippen molar-refractivity contribution in [2.45, 2.75) is 37.8 Å². The number of rotatable bonds is 7. The Morgan fingerprint density at radius 3 is 2.16 bits per heavy atom. The summed E-state index contributed by atoms with van der Waals surface area (Å²) < 4.78 is 16.5. The number of likely N-dealkylation sites (tertiary alicyclic amines) is 2. The number of carbonyl (C=O) groups is 3. The van der Waals surface area contributed by atoms with Gasteiger partial charge in [0.25, 0.3) is 5.91 Å². The van der Waals surface area contributed by atoms with Gasteiger partial charge >= 0.3 is 6.09 Å². The Labute approximate surface area is 223 Å². The maximum Gasteiger partial charge on any atom is 0.410 e. The lowest BCUT2D eigenvalue weighted by molar-refractivity contribution is -0.138. The largest absolute Gasteiger partial charge is 0.497 e. The van der Waals surface area contributed by atoms with Crippen LogP contribution in [0.15, 0.2) is 54.6 Å². The zero-order chi connectivity index (χ0) is 26.5. The standard InChI is InChI=1S/C29H35N3O6/c1-36-24-7-9-25(10-8-24)37-20-26-19-32(29(35)38-26)23-13-17-31(18-14-23)28(34)22-11-15-30(16-12-22)27(33)21-5-3-2-4-6-21/h2-10,22-23,26H,11-20H2,1H3. The molecule has 0 spiro atoms. The van der Waals surface area contributed by atoms with E-state index in [-0.39, 0.29) is 42.6 Å². The van der Waals surface area contributed by atoms with E-state index >= 15 is 0 Å². The summed E-state index contributed by atoms with van der Waals surface area (Å²) in [6.07, 6.45) is 2.20. The van der Waals surface area contributed by atoms with E-state index in [1.165, 1.54) is 0 Å². The van der Waals surface area contributed by atoms with Crippen LogP contribution in [0.5, 0.6) is 11.5 Å². The van der Waals surface area contributed by atoms with Gasteiger partial charge in [-0.25, -0.2) is 4.79 Å². The third-order valence-corrected chi connectivity index (χ3v) is 7.77. The van der Waals surface area contributed by atoms with Crippen molar-refractivity contribution in [1.29, 1.82) is 0 Å². The fourth-order valence-electron chi connectivity index (χ4n) is 5.54. The van der Waals surface area contributed by atoms with E-state index < -0.39 is 0 Å². The quantitative estimate of drug-likeness (QED) is 0.555. The molecule has 9 heteroatoms. The van der Waals surface area contributed by atoms with Crippen LogP contribution in [0.25, 0.3) is 0 Å². The molecule has 0 N–H and O–H groups in total. The van der Waals surface area contributed by atoms with Crippen molar-refractivity contribution in [2.75, 3.05) is 46.4 Å². The second-order valence-electron chi connectivity index (χ2n) is 10.1. The number of nitrogens with zero attached hydrogens (tertiary/aromatic N) is 3. The molecule has 0 aromatic heterocycles. The molecule has 3 aliphatic heterocycles. The van der Waals surface area contributed by atoms with Crippen LogP contribution in [0.3, 0.4) is 0 Å². The van der Waals surface area contributed by atoms with Crippen LogP contribution in [0.1, 0.15) is 36.0 Å². The molecule has 3 saturated heterocycles. The first-order valence-corrected chi connectivity index (χ1v) is 13.4. The third-order valence-electron chi connectivity index (χ3n) is 7.77. The first-order valence-electron chi connectivity index (χ1n) is 13.4. The second-order valence-corrected chi connectivity index (χ2v) is 10.1. The third kappa shape index (κ3) is 5.87. The highest BCUT2D eigenvalue weighted by Gasteiger charge is 2.39. The van der Waals surface area contributed by atoms with Crippen molar-refractivity contribution in [1.82, 2.24) is 14.7 Å². The van der Waals surface area contributed by atoms with E-state index in [1.807, 2.05) is 64.4 Å². The molecule has 3 amide bonds. The van der Waals surface area contributed by atoms with E-state index in [2.05, 4.69) is 0 Å². The van der Waals surface area contributed by atoms with Gasteiger partial charge in [-0.2, -0.15) is 0 Å². The molecule has 3 aliphatic rings. The zero-order valence-corrected chi connectivity index (χ0v) is 21.8. The van der Waals surface area contributed by atoms with Gasteiger partial charge in [0.1, 0.15) is 18.1 Å². The smallest absolute Gasteiger partial charge is 0.410 e. The van der Waals surface area contributed by atoms with E-state index in [4.69, 9.17) is 14.2 Å². The van der Waals surface area contributed by atoms with Gasteiger partial charge in [-0.15, -0.1) is 0 Å². The molecule has 3 heterocycles. The van der Waals surface area contributed by atoms with Gasteiger partial charge in [0, 0.05) is 43.7 Å². The predicted octanol–water partition coefficient (Wildman–Crippen LogP) is 3.44. The summed E-state index contributed by atoms with van der Waals surface area (Å²) >= 11 is 0. The zero-order valence-electron chi connectivity index (χ0n) is 21.8. The number of ether oxygens (including phenoxy) is 3. The lowest BCUT2D eigenvalue weighted by atomic mass is 9.93. The van der Waals surface area contributed by atoms with Crippen molar-refractivity contribution < 1.29 is 28.6 Å². The van der Waals surface area contributed by atoms with Crippen LogP contribution in [0.2, 0.25) is 0 Å². The van der Waals surface area contributed by atoms with Crippen molar-refractivity contribution in [2.24, 2.45) is 5.92 Å². The number of carbonyl (C=O) groups excluding carboxylic acids is 3. The summed E-state index contributed by atoms with van der Waals surface area (Å²) in [5.74, 6) is 1.60. The summed E-state index contributed by atoms with van der Waals surface area (Å²) in [5, 5.41) is 0. The number of hydrogen-bond donors (Lipinski definition) is 0. The molecule has 5 rings (SSSR count). The van der Waals surface area contributed by atoms with E-state index in [0.29, 0.717) is 56.9 Å². The Morgan fingerprint density at radius 2 is 1.50 bits per heavy atom. The maximum absolute atomic E-state index is 13.2. The average Bonchev–Trinajstić information content (AvgIpc) is 3.36. The first-order chi connectivity index (χ1) is 18.5. The Morgan fingerprint density at radius 1 is 0.868 bits per heavy atom. The number of piperidine rings is 2. The molecule has 9 nitrogen and oxygen atoms in total. The second kappa shape index (κ2) is 11.8. The predicted molar refractivity (Wildman–Crippen MR) is 140 cm³/mol. The molecule has 0 saturated carbocycles. The fraction of sp³-hybridized carbons (Fsp3) is 0.483. The number of hydrogen-bond acceptors (Lipinski definition) is 6. The van der Waals surface area contributed by atoms with Gasteiger partial charge in [-0.1, -0.05) is 18.2 Å². The average molecular weight is 522 g/mol. The van der Waals surface area contributed by atoms with Gasteiger partial charge in [-0.05, 0) is 62.1 Å². The molecular weight excluding hydrogens is 486 g/mol. The molecule has 38 heavy (non-hydrogen) atoms. The van der Waals surface area contributed by atoms with Crippen LogP contribution in [0, 0.1) is 5.92 Å². The topological polar surface area (TPSA) is 88.6 Å². The normalized spacial score (nSPS) is 20.8. The highest BCUT2D eigenvalue weighted by atomic mass is 16.6. The van der Waals surface area contributed by atoms with Crippen molar-refractivity contribution >= 4 is 17.9 Å². The highest BCUT2D eigenvalue weighted by Crippen LogP contribution is 2.27. The lowest BCUT2D eigenvalue weighted by Gasteiger charge is -2.39. The SMILES string of the molecule is COc1ccc(OCC2CN(C3CCN(C(=O)C4CCN(C(=O)c5ccccc5)CC4)CC3)C(=O)O2)cc1. The van der Waals surface area contributed by atoms with Crippen molar-refractivity contribution in [3.8, 4) is 11.5 Å². The Balaban J connectivity index is 1.05. The first kappa shape index (κ1) is 25.9.